The molecule has 0 radical (unpaired) electrons. The van der Waals surface area contributed by atoms with Crippen LogP contribution in [0, 0.1) is 0 Å². The highest BCUT2D eigenvalue weighted by Crippen LogP contribution is 2.00. The number of likely N-dealkylation sites (N-methyl/N-ethyl adjacent to an activating group) is 1. The molecule has 1 amide bonds. The van der Waals surface area contributed by atoms with Gasteiger partial charge in [0, 0.05) is 44.4 Å². The third-order valence-electron chi connectivity index (χ3n) is 2.92. The van der Waals surface area contributed by atoms with Crippen LogP contribution in [0.3, 0.4) is 0 Å². The molecule has 0 aliphatic heterocycles. The Kier molecular flexibility index (Phi) is 4.66. The van der Waals surface area contributed by atoms with Crippen molar-refractivity contribution in [3.05, 3.63) is 48.5 Å². The van der Waals surface area contributed by atoms with Crippen LogP contribution < -0.4 is 0 Å². The van der Waals surface area contributed by atoms with E-state index in [1.807, 2.05) is 42.2 Å². The monoisotopic (exact) mass is 258 g/mol. The normalized spacial score (nSPS) is 10.4. The van der Waals surface area contributed by atoms with Crippen molar-refractivity contribution in [3.8, 4) is 0 Å². The van der Waals surface area contributed by atoms with E-state index in [-0.39, 0.29) is 5.91 Å². The molecule has 0 aliphatic rings. The molecule has 19 heavy (non-hydrogen) atoms. The molecule has 0 atom stereocenters. The van der Waals surface area contributed by atoms with Crippen LogP contribution in [0.5, 0.6) is 0 Å². The first-order chi connectivity index (χ1) is 9.25. The molecule has 0 N–H and O–H groups in total. The fourth-order valence-corrected chi connectivity index (χ4v) is 1.82. The Balaban J connectivity index is 1.73. The topological polar surface area (TPSA) is 51.0 Å². The summed E-state index contributed by atoms with van der Waals surface area (Å²) in [6.45, 7) is 1.56. The first-order valence-electron chi connectivity index (χ1n) is 6.37. The number of amides is 1. The summed E-state index contributed by atoms with van der Waals surface area (Å²) in [6.07, 6.45) is 6.65. The van der Waals surface area contributed by atoms with Gasteiger partial charge in [-0.2, -0.15) is 5.10 Å². The molecule has 2 aromatic rings. The average Bonchev–Trinajstić information content (AvgIpc) is 2.93. The van der Waals surface area contributed by atoms with E-state index in [1.165, 1.54) is 0 Å². The Hall–Kier alpha value is -2.17. The van der Waals surface area contributed by atoms with Gasteiger partial charge >= 0.3 is 0 Å². The van der Waals surface area contributed by atoms with Crippen molar-refractivity contribution in [1.29, 1.82) is 0 Å². The predicted octanol–water partition coefficient (Wildman–Crippen LogP) is 1.37. The van der Waals surface area contributed by atoms with Crippen LogP contribution >= 0.6 is 0 Å². The maximum atomic E-state index is 12.0. The molecule has 0 aliphatic carbocycles. The van der Waals surface area contributed by atoms with Crippen LogP contribution in [-0.2, 0) is 17.8 Å². The molecule has 5 heteroatoms. The maximum absolute atomic E-state index is 12.0. The Bertz CT molecular complexity index is 495. The van der Waals surface area contributed by atoms with E-state index in [4.69, 9.17) is 0 Å². The highest BCUT2D eigenvalue weighted by molar-refractivity contribution is 5.77. The molecule has 2 aromatic heterocycles. The number of carbonyl (C=O) groups is 1. The van der Waals surface area contributed by atoms with Crippen molar-refractivity contribution >= 4 is 5.91 Å². The van der Waals surface area contributed by atoms with Crippen molar-refractivity contribution < 1.29 is 4.79 Å². The molecule has 0 saturated carbocycles. The molecular formula is C14H18N4O. The Morgan fingerprint density at radius 3 is 2.89 bits per heavy atom. The first kappa shape index (κ1) is 13.3. The molecule has 100 valence electrons. The van der Waals surface area contributed by atoms with Crippen molar-refractivity contribution in [2.45, 2.75) is 19.4 Å². The summed E-state index contributed by atoms with van der Waals surface area (Å²) >= 11 is 0. The highest BCUT2D eigenvalue weighted by atomic mass is 16.2. The lowest BCUT2D eigenvalue weighted by atomic mass is 10.2. The number of hydrogen-bond acceptors (Lipinski definition) is 3. The molecule has 5 nitrogen and oxygen atoms in total. The minimum absolute atomic E-state index is 0.0964. The van der Waals surface area contributed by atoms with E-state index in [2.05, 4.69) is 10.1 Å². The Morgan fingerprint density at radius 2 is 2.21 bits per heavy atom. The van der Waals surface area contributed by atoms with Crippen LogP contribution in [0.25, 0.3) is 0 Å². The molecule has 0 aromatic carbocycles. The van der Waals surface area contributed by atoms with Gasteiger partial charge in [0.05, 0.1) is 6.42 Å². The van der Waals surface area contributed by atoms with Gasteiger partial charge in [0.25, 0.3) is 0 Å². The molecule has 2 rings (SSSR count). The summed E-state index contributed by atoms with van der Waals surface area (Å²) in [4.78, 5) is 17.9. The lowest BCUT2D eigenvalue weighted by Gasteiger charge is -2.16. The standard InChI is InChI=1S/C14H18N4O/c1-17(9-5-11-18-10-4-8-16-18)14(19)12-13-6-2-3-7-15-13/h2-4,6-8,10H,5,9,11-12H2,1H3. The molecule has 0 bridgehead atoms. The quantitative estimate of drug-likeness (QED) is 0.786. The molecule has 0 unspecified atom stereocenters. The summed E-state index contributed by atoms with van der Waals surface area (Å²) in [7, 11) is 1.83. The van der Waals surface area contributed by atoms with E-state index >= 15 is 0 Å². The second kappa shape index (κ2) is 6.68. The van der Waals surface area contributed by atoms with Crippen molar-refractivity contribution in [2.24, 2.45) is 0 Å². The lowest BCUT2D eigenvalue weighted by Crippen LogP contribution is -2.30. The zero-order valence-corrected chi connectivity index (χ0v) is 11.1. The fraction of sp³-hybridized carbons (Fsp3) is 0.357. The summed E-state index contributed by atoms with van der Waals surface area (Å²) in [5, 5.41) is 4.13. The first-order valence-corrected chi connectivity index (χ1v) is 6.37. The van der Waals surface area contributed by atoms with Crippen LogP contribution in [0.1, 0.15) is 12.1 Å². The summed E-state index contributed by atoms with van der Waals surface area (Å²) < 4.78 is 1.87. The van der Waals surface area contributed by atoms with E-state index < -0.39 is 0 Å². The maximum Gasteiger partial charge on any atom is 0.228 e. The van der Waals surface area contributed by atoms with Gasteiger partial charge in [0.1, 0.15) is 0 Å². The van der Waals surface area contributed by atoms with Crippen molar-refractivity contribution in [2.75, 3.05) is 13.6 Å². The van der Waals surface area contributed by atoms with Gasteiger partial charge in [0.2, 0.25) is 5.91 Å². The molecule has 2 heterocycles. The SMILES string of the molecule is CN(CCCn1cccn1)C(=O)Cc1ccccn1. The highest BCUT2D eigenvalue weighted by Gasteiger charge is 2.09. The van der Waals surface area contributed by atoms with Crippen molar-refractivity contribution in [1.82, 2.24) is 19.7 Å². The van der Waals surface area contributed by atoms with Crippen LogP contribution in [-0.4, -0.2) is 39.2 Å². The Labute approximate surface area is 112 Å². The second-order valence-corrected chi connectivity index (χ2v) is 4.44. The summed E-state index contributed by atoms with van der Waals surface area (Å²) in [5.41, 5.74) is 0.812. The van der Waals surface area contributed by atoms with Gasteiger partial charge in [-0.15, -0.1) is 0 Å². The van der Waals surface area contributed by atoms with Gasteiger partial charge in [-0.05, 0) is 24.6 Å². The zero-order chi connectivity index (χ0) is 13.5. The van der Waals surface area contributed by atoms with Crippen LogP contribution in [0.4, 0.5) is 0 Å². The summed E-state index contributed by atoms with van der Waals surface area (Å²) in [5.74, 6) is 0.0964. The predicted molar refractivity (Wildman–Crippen MR) is 72.4 cm³/mol. The van der Waals surface area contributed by atoms with E-state index in [1.54, 1.807) is 17.3 Å². The van der Waals surface area contributed by atoms with Gasteiger partial charge < -0.3 is 4.90 Å². The van der Waals surface area contributed by atoms with Gasteiger partial charge in [-0.1, -0.05) is 6.07 Å². The zero-order valence-electron chi connectivity index (χ0n) is 11.1. The lowest BCUT2D eigenvalue weighted by molar-refractivity contribution is -0.129. The van der Waals surface area contributed by atoms with Gasteiger partial charge in [0.15, 0.2) is 0 Å². The van der Waals surface area contributed by atoms with E-state index in [0.29, 0.717) is 6.42 Å². The van der Waals surface area contributed by atoms with Gasteiger partial charge in [-0.3, -0.25) is 14.5 Å². The number of aromatic nitrogens is 3. The third-order valence-corrected chi connectivity index (χ3v) is 2.92. The second-order valence-electron chi connectivity index (χ2n) is 4.44. The smallest absolute Gasteiger partial charge is 0.228 e. The minimum Gasteiger partial charge on any atom is -0.345 e. The van der Waals surface area contributed by atoms with Crippen LogP contribution in [0.2, 0.25) is 0 Å². The van der Waals surface area contributed by atoms with E-state index in [0.717, 1.165) is 25.2 Å². The number of carbonyl (C=O) groups excluding carboxylic acids is 1. The number of aryl methyl sites for hydroxylation is 1. The van der Waals surface area contributed by atoms with E-state index in [9.17, 15) is 4.79 Å². The average molecular weight is 258 g/mol. The van der Waals surface area contributed by atoms with Crippen molar-refractivity contribution in [3.63, 3.8) is 0 Å². The number of nitrogens with zero attached hydrogens (tertiary/aromatic N) is 4. The third kappa shape index (κ3) is 4.21. The Morgan fingerprint density at radius 1 is 1.32 bits per heavy atom. The van der Waals surface area contributed by atoms with Crippen LogP contribution in [0.15, 0.2) is 42.9 Å². The number of pyridine rings is 1. The molecule has 0 fully saturated rings. The molecule has 0 saturated heterocycles. The number of hydrogen-bond donors (Lipinski definition) is 0. The summed E-state index contributed by atoms with van der Waals surface area (Å²) in [6, 6.07) is 7.51. The largest absolute Gasteiger partial charge is 0.345 e. The molecular weight excluding hydrogens is 240 g/mol. The minimum atomic E-state index is 0.0964. The molecule has 0 spiro atoms. The number of rotatable bonds is 6. The van der Waals surface area contributed by atoms with Gasteiger partial charge in [-0.25, -0.2) is 0 Å². The fourth-order valence-electron chi connectivity index (χ4n) is 1.82.